The van der Waals surface area contributed by atoms with Crippen molar-refractivity contribution in [3.63, 3.8) is 0 Å². The monoisotopic (exact) mass is 309 g/mol. The third-order valence-corrected chi connectivity index (χ3v) is 2.80. The lowest BCUT2D eigenvalue weighted by molar-refractivity contribution is 0.152. The number of hydrazone groups is 1. The Labute approximate surface area is 112 Å². The summed E-state index contributed by atoms with van der Waals surface area (Å²) in [5.41, 5.74) is 4.19. The van der Waals surface area contributed by atoms with Crippen molar-refractivity contribution in [3.8, 4) is 0 Å². The van der Waals surface area contributed by atoms with Crippen LogP contribution in [0.4, 0.5) is 4.79 Å². The molecule has 0 saturated heterocycles. The molecule has 0 spiro atoms. The fraction of sp³-hybridized carbons (Fsp3) is 0.167. The van der Waals surface area contributed by atoms with Crippen molar-refractivity contribution < 1.29 is 9.53 Å². The normalized spacial score (nSPS) is 11.0. The molecule has 94 valence electrons. The van der Waals surface area contributed by atoms with Gasteiger partial charge in [-0.2, -0.15) is 5.10 Å². The molecule has 0 unspecified atom stereocenters. The Morgan fingerprint density at radius 2 is 2.44 bits per heavy atom. The van der Waals surface area contributed by atoms with Crippen LogP contribution in [0.15, 0.2) is 34.0 Å². The quantitative estimate of drug-likeness (QED) is 0.676. The van der Waals surface area contributed by atoms with Crippen molar-refractivity contribution in [3.05, 3.63) is 34.4 Å². The third-order valence-electron chi connectivity index (χ3n) is 2.31. The number of amides is 1. The van der Waals surface area contributed by atoms with Crippen molar-refractivity contribution in [2.24, 2.45) is 5.10 Å². The van der Waals surface area contributed by atoms with Crippen LogP contribution in [-0.4, -0.2) is 23.9 Å². The number of aromatic nitrogens is 1. The van der Waals surface area contributed by atoms with Gasteiger partial charge in [-0.05, 0) is 25.1 Å². The molecule has 2 aromatic rings. The molecule has 1 heterocycles. The van der Waals surface area contributed by atoms with Crippen molar-refractivity contribution >= 4 is 39.1 Å². The minimum Gasteiger partial charge on any atom is -0.449 e. The number of hydrogen-bond acceptors (Lipinski definition) is 3. The van der Waals surface area contributed by atoms with E-state index in [1.807, 2.05) is 24.4 Å². The molecule has 2 rings (SSSR count). The summed E-state index contributed by atoms with van der Waals surface area (Å²) in [6.07, 6.45) is 2.84. The number of H-pyrrole nitrogens is 1. The van der Waals surface area contributed by atoms with Crippen molar-refractivity contribution in [1.29, 1.82) is 0 Å². The first-order valence-corrected chi connectivity index (χ1v) is 6.22. The average Bonchev–Trinajstić information content (AvgIpc) is 2.72. The van der Waals surface area contributed by atoms with Crippen molar-refractivity contribution in [1.82, 2.24) is 10.4 Å². The van der Waals surface area contributed by atoms with Crippen LogP contribution in [0, 0.1) is 0 Å². The summed E-state index contributed by atoms with van der Waals surface area (Å²) in [7, 11) is 0. The van der Waals surface area contributed by atoms with Gasteiger partial charge in [-0.15, -0.1) is 0 Å². The Bertz CT molecular complexity index is 592. The highest BCUT2D eigenvalue weighted by molar-refractivity contribution is 9.10. The number of aromatic amines is 1. The Kier molecular flexibility index (Phi) is 3.99. The van der Waals surface area contributed by atoms with E-state index in [1.165, 1.54) is 0 Å². The third kappa shape index (κ3) is 2.89. The maximum atomic E-state index is 11.0. The maximum Gasteiger partial charge on any atom is 0.427 e. The SMILES string of the molecule is CCOC(=O)N/N=C\c1c[nH]c2ccc(Br)cc12. The largest absolute Gasteiger partial charge is 0.449 e. The minimum absolute atomic E-state index is 0.321. The van der Waals surface area contributed by atoms with Crippen molar-refractivity contribution in [2.45, 2.75) is 6.92 Å². The zero-order valence-corrected chi connectivity index (χ0v) is 11.3. The summed E-state index contributed by atoms with van der Waals surface area (Å²) in [6, 6.07) is 5.91. The topological polar surface area (TPSA) is 66.5 Å². The van der Waals surface area contributed by atoms with Gasteiger partial charge in [0.2, 0.25) is 0 Å². The summed E-state index contributed by atoms with van der Waals surface area (Å²) in [5, 5.41) is 4.85. The van der Waals surface area contributed by atoms with Crippen LogP contribution in [0.1, 0.15) is 12.5 Å². The smallest absolute Gasteiger partial charge is 0.427 e. The number of nitrogens with zero attached hydrogens (tertiary/aromatic N) is 1. The standard InChI is InChI=1S/C12H12BrN3O2/c1-2-18-12(17)16-15-7-8-6-14-11-4-3-9(13)5-10(8)11/h3-7,14H,2H2,1H3,(H,16,17)/b15-7-. The first kappa shape index (κ1) is 12.6. The molecule has 0 aliphatic rings. The summed E-state index contributed by atoms with van der Waals surface area (Å²) < 4.78 is 5.68. The van der Waals surface area contributed by atoms with Gasteiger partial charge >= 0.3 is 6.09 Å². The molecule has 18 heavy (non-hydrogen) atoms. The summed E-state index contributed by atoms with van der Waals surface area (Å²) in [6.45, 7) is 2.06. The van der Waals surface area contributed by atoms with E-state index >= 15 is 0 Å². The molecule has 1 aromatic carbocycles. The van der Waals surface area contributed by atoms with E-state index in [0.717, 1.165) is 20.9 Å². The van der Waals surface area contributed by atoms with Crippen LogP contribution in [0.2, 0.25) is 0 Å². The molecule has 0 aliphatic carbocycles. The highest BCUT2D eigenvalue weighted by Gasteiger charge is 2.02. The zero-order valence-electron chi connectivity index (χ0n) is 9.74. The Balaban J connectivity index is 2.14. The lowest BCUT2D eigenvalue weighted by Crippen LogP contribution is -2.18. The van der Waals surface area contributed by atoms with Crippen LogP contribution in [0.25, 0.3) is 10.9 Å². The van der Waals surface area contributed by atoms with Crippen LogP contribution in [-0.2, 0) is 4.74 Å². The predicted molar refractivity (Wildman–Crippen MR) is 73.8 cm³/mol. The van der Waals surface area contributed by atoms with E-state index in [9.17, 15) is 4.79 Å². The van der Waals surface area contributed by atoms with Gasteiger partial charge in [0.05, 0.1) is 12.8 Å². The maximum absolute atomic E-state index is 11.0. The minimum atomic E-state index is -0.560. The number of nitrogens with one attached hydrogen (secondary N) is 2. The van der Waals surface area contributed by atoms with E-state index in [1.54, 1.807) is 13.1 Å². The molecule has 5 nitrogen and oxygen atoms in total. The van der Waals surface area contributed by atoms with E-state index in [2.05, 4.69) is 36.2 Å². The molecular weight excluding hydrogens is 298 g/mol. The fourth-order valence-corrected chi connectivity index (χ4v) is 1.90. The number of hydrogen-bond donors (Lipinski definition) is 2. The Morgan fingerprint density at radius 1 is 1.61 bits per heavy atom. The number of carbonyl (C=O) groups excluding carboxylic acids is 1. The number of halogens is 1. The molecule has 1 aromatic heterocycles. The molecule has 2 N–H and O–H groups in total. The molecule has 0 atom stereocenters. The van der Waals surface area contributed by atoms with Crippen LogP contribution in [0.3, 0.4) is 0 Å². The predicted octanol–water partition coefficient (Wildman–Crippen LogP) is 3.01. The zero-order chi connectivity index (χ0) is 13.0. The van der Waals surface area contributed by atoms with E-state index in [0.29, 0.717) is 6.61 Å². The molecule has 1 amide bonds. The summed E-state index contributed by atoms with van der Waals surface area (Å²) in [5.74, 6) is 0. The van der Waals surface area contributed by atoms with Gasteiger partial charge in [0.1, 0.15) is 0 Å². The van der Waals surface area contributed by atoms with E-state index < -0.39 is 6.09 Å². The lowest BCUT2D eigenvalue weighted by atomic mass is 10.2. The molecule has 0 radical (unpaired) electrons. The molecular formula is C12H12BrN3O2. The number of rotatable bonds is 3. The van der Waals surface area contributed by atoms with Gasteiger partial charge in [-0.1, -0.05) is 15.9 Å². The molecule has 0 aliphatic heterocycles. The Hall–Kier alpha value is -1.82. The van der Waals surface area contributed by atoms with Crippen LogP contribution < -0.4 is 5.43 Å². The summed E-state index contributed by atoms with van der Waals surface area (Å²) in [4.78, 5) is 14.1. The Morgan fingerprint density at radius 3 is 3.22 bits per heavy atom. The summed E-state index contributed by atoms with van der Waals surface area (Å²) >= 11 is 3.42. The number of benzene rings is 1. The lowest BCUT2D eigenvalue weighted by Gasteiger charge is -1.98. The highest BCUT2D eigenvalue weighted by atomic mass is 79.9. The number of fused-ring (bicyclic) bond motifs is 1. The molecule has 6 heteroatoms. The van der Waals surface area contributed by atoms with E-state index in [-0.39, 0.29) is 0 Å². The van der Waals surface area contributed by atoms with Gasteiger partial charge in [-0.25, -0.2) is 10.2 Å². The van der Waals surface area contributed by atoms with E-state index in [4.69, 9.17) is 0 Å². The fourth-order valence-electron chi connectivity index (χ4n) is 1.54. The highest BCUT2D eigenvalue weighted by Crippen LogP contribution is 2.21. The van der Waals surface area contributed by atoms with Gasteiger partial charge in [0.15, 0.2) is 0 Å². The van der Waals surface area contributed by atoms with Gasteiger partial charge in [-0.3, -0.25) is 0 Å². The number of carbonyl (C=O) groups is 1. The first-order valence-electron chi connectivity index (χ1n) is 5.43. The van der Waals surface area contributed by atoms with Gasteiger partial charge in [0.25, 0.3) is 0 Å². The molecule has 0 bridgehead atoms. The van der Waals surface area contributed by atoms with Gasteiger partial charge < -0.3 is 9.72 Å². The van der Waals surface area contributed by atoms with Gasteiger partial charge in [0, 0.05) is 27.1 Å². The van der Waals surface area contributed by atoms with Crippen LogP contribution in [0.5, 0.6) is 0 Å². The van der Waals surface area contributed by atoms with Crippen molar-refractivity contribution in [2.75, 3.05) is 6.61 Å². The van der Waals surface area contributed by atoms with Crippen LogP contribution >= 0.6 is 15.9 Å². The number of ether oxygens (including phenoxy) is 1. The molecule has 0 saturated carbocycles. The average molecular weight is 310 g/mol. The molecule has 0 fully saturated rings. The second-order valence-corrected chi connectivity index (χ2v) is 4.44. The second kappa shape index (κ2) is 5.68. The second-order valence-electron chi connectivity index (χ2n) is 3.52. The first-order chi connectivity index (χ1) is 8.70.